The van der Waals surface area contributed by atoms with E-state index in [0.29, 0.717) is 0 Å². The summed E-state index contributed by atoms with van der Waals surface area (Å²) in [5.74, 6) is 0. The Balaban J connectivity index is 2.83. The first-order chi connectivity index (χ1) is 4.75. The highest BCUT2D eigenvalue weighted by Crippen LogP contribution is 2.34. The van der Waals surface area contributed by atoms with Gasteiger partial charge in [-0.05, 0) is 57.3 Å². The summed E-state index contributed by atoms with van der Waals surface area (Å²) >= 11 is 8.47. The molecule has 0 saturated heterocycles. The van der Waals surface area contributed by atoms with Gasteiger partial charge in [-0.15, -0.1) is 22.7 Å². The van der Waals surface area contributed by atoms with Crippen LogP contribution in [0, 0.1) is 5.77 Å². The van der Waals surface area contributed by atoms with Crippen LogP contribution >= 0.6 is 67.9 Å². The van der Waals surface area contributed by atoms with Crippen molar-refractivity contribution in [3.63, 3.8) is 0 Å². The first-order valence-corrected chi connectivity index (χ1v) is 6.39. The molecule has 0 amide bonds. The average molecular weight is 392 g/mol. The van der Waals surface area contributed by atoms with Crippen molar-refractivity contribution in [3.8, 4) is 0 Å². The van der Waals surface area contributed by atoms with Gasteiger partial charge < -0.3 is 0 Å². The molecule has 2 heterocycles. The quantitative estimate of drug-likeness (QED) is 0.591. The zero-order chi connectivity index (χ0) is 7.14. The number of rotatable bonds is 0. The van der Waals surface area contributed by atoms with E-state index in [9.17, 15) is 0 Å². The first kappa shape index (κ1) is 7.75. The summed E-state index contributed by atoms with van der Waals surface area (Å²) < 4.78 is 4.22. The molecule has 2 aromatic heterocycles. The SMILES string of the molecule is Ic1cc2cc(I)sc2s1. The fraction of sp³-hybridized carbons (Fsp3) is 0. The molecular formula is C6H2I2S2. The third-order valence-electron chi connectivity index (χ3n) is 1.15. The average Bonchev–Trinajstić information content (AvgIpc) is 2.21. The minimum Gasteiger partial charge on any atom is -0.118 e. The van der Waals surface area contributed by atoms with Gasteiger partial charge in [0.25, 0.3) is 0 Å². The molecule has 2 aromatic rings. The molecule has 0 saturated carbocycles. The fourth-order valence-electron chi connectivity index (χ4n) is 0.779. The van der Waals surface area contributed by atoms with Crippen LogP contribution in [0.1, 0.15) is 0 Å². The van der Waals surface area contributed by atoms with Crippen molar-refractivity contribution in [1.29, 1.82) is 0 Å². The van der Waals surface area contributed by atoms with Crippen LogP contribution in [0.3, 0.4) is 0 Å². The molecule has 0 spiro atoms. The molecule has 2 rings (SSSR count). The van der Waals surface area contributed by atoms with Crippen LogP contribution in [0.4, 0.5) is 0 Å². The van der Waals surface area contributed by atoms with E-state index in [1.54, 1.807) is 0 Å². The number of fused-ring (bicyclic) bond motifs is 1. The highest BCUT2D eigenvalue weighted by atomic mass is 127. The van der Waals surface area contributed by atoms with E-state index in [0.717, 1.165) is 0 Å². The largest absolute Gasteiger partial charge is 0.118 e. The Hall–Kier alpha value is 1.12. The summed E-state index contributed by atoms with van der Waals surface area (Å²) in [5, 5.41) is 1.41. The van der Waals surface area contributed by atoms with Gasteiger partial charge in [-0.1, -0.05) is 0 Å². The Labute approximate surface area is 93.9 Å². The Morgan fingerprint density at radius 3 is 1.90 bits per heavy atom. The second kappa shape index (κ2) is 2.87. The van der Waals surface area contributed by atoms with Crippen LogP contribution in [0.5, 0.6) is 0 Å². The van der Waals surface area contributed by atoms with E-state index in [2.05, 4.69) is 57.3 Å². The Kier molecular flexibility index (Phi) is 2.23. The van der Waals surface area contributed by atoms with Crippen molar-refractivity contribution in [2.75, 3.05) is 0 Å². The predicted molar refractivity (Wildman–Crippen MR) is 65.1 cm³/mol. The van der Waals surface area contributed by atoms with Gasteiger partial charge in [0.05, 0.1) is 9.78 Å². The maximum absolute atomic E-state index is 2.36. The molecule has 10 heavy (non-hydrogen) atoms. The molecule has 0 aromatic carbocycles. The van der Waals surface area contributed by atoms with Crippen molar-refractivity contribution in [2.24, 2.45) is 0 Å². The van der Waals surface area contributed by atoms with E-state index < -0.39 is 0 Å². The number of hydrogen-bond acceptors (Lipinski definition) is 2. The number of halogens is 2. The van der Waals surface area contributed by atoms with Crippen LogP contribution in [0.15, 0.2) is 12.1 Å². The number of thiophene rings is 2. The molecule has 0 fully saturated rings. The van der Waals surface area contributed by atoms with Crippen LogP contribution in [0.2, 0.25) is 0 Å². The summed E-state index contributed by atoms with van der Waals surface area (Å²) in [5.41, 5.74) is 0. The molecule has 0 bridgehead atoms. The van der Waals surface area contributed by atoms with E-state index in [-0.39, 0.29) is 0 Å². The lowest BCUT2D eigenvalue weighted by molar-refractivity contribution is 2.00. The van der Waals surface area contributed by atoms with Gasteiger partial charge in [-0.2, -0.15) is 0 Å². The van der Waals surface area contributed by atoms with Gasteiger partial charge in [0, 0.05) is 5.39 Å². The van der Waals surface area contributed by atoms with Crippen molar-refractivity contribution < 1.29 is 0 Å². The van der Waals surface area contributed by atoms with E-state index >= 15 is 0 Å². The van der Waals surface area contributed by atoms with Crippen LogP contribution in [0.25, 0.3) is 9.40 Å². The zero-order valence-corrected chi connectivity index (χ0v) is 10.7. The van der Waals surface area contributed by atoms with Crippen LogP contribution in [-0.2, 0) is 0 Å². The number of hydrogen-bond donors (Lipinski definition) is 0. The van der Waals surface area contributed by atoms with E-state index in [1.807, 2.05) is 22.7 Å². The topological polar surface area (TPSA) is 0 Å². The molecule has 0 N–H and O–H groups in total. The molecule has 0 unspecified atom stereocenters. The normalized spacial score (nSPS) is 11.0. The summed E-state index contributed by atoms with van der Waals surface area (Å²) in [6, 6.07) is 4.47. The lowest BCUT2D eigenvalue weighted by Crippen LogP contribution is -1.48. The molecule has 0 aliphatic heterocycles. The maximum atomic E-state index is 2.36. The maximum Gasteiger partial charge on any atom is 0.0887 e. The highest BCUT2D eigenvalue weighted by molar-refractivity contribution is 14.1. The van der Waals surface area contributed by atoms with Gasteiger partial charge in [0.2, 0.25) is 0 Å². The van der Waals surface area contributed by atoms with Gasteiger partial charge in [0.15, 0.2) is 0 Å². The van der Waals surface area contributed by atoms with E-state index in [1.165, 1.54) is 15.2 Å². The molecule has 52 valence electrons. The minimum atomic E-state index is 1.38. The van der Waals surface area contributed by atoms with Crippen LogP contribution < -0.4 is 0 Å². The summed E-state index contributed by atoms with van der Waals surface area (Å²) in [6.07, 6.45) is 0. The lowest BCUT2D eigenvalue weighted by atomic mass is 10.4. The smallest absolute Gasteiger partial charge is 0.0887 e. The molecule has 0 nitrogen and oxygen atoms in total. The Morgan fingerprint density at radius 2 is 1.50 bits per heavy atom. The minimum absolute atomic E-state index is 1.38. The Bertz CT molecular complexity index is 298. The lowest BCUT2D eigenvalue weighted by Gasteiger charge is -1.71. The standard InChI is InChI=1S/C6H2I2S2/c7-4-1-3-2-5(8)10-6(3)9-4/h1-2H. The monoisotopic (exact) mass is 392 g/mol. The second-order valence-corrected chi connectivity index (χ2v) is 8.00. The van der Waals surface area contributed by atoms with E-state index in [4.69, 9.17) is 0 Å². The fourth-order valence-corrected chi connectivity index (χ4v) is 5.57. The predicted octanol–water partition coefficient (Wildman–Crippen LogP) is 4.17. The molecular weight excluding hydrogens is 390 g/mol. The van der Waals surface area contributed by atoms with Crippen molar-refractivity contribution >= 4 is 77.3 Å². The van der Waals surface area contributed by atoms with Gasteiger partial charge in [0.1, 0.15) is 0 Å². The van der Waals surface area contributed by atoms with Gasteiger partial charge in [-0.25, -0.2) is 0 Å². The Morgan fingerprint density at radius 1 is 1.00 bits per heavy atom. The summed E-state index contributed by atoms with van der Waals surface area (Å²) in [6.45, 7) is 0. The molecule has 0 aliphatic rings. The van der Waals surface area contributed by atoms with Gasteiger partial charge in [-0.3, -0.25) is 0 Å². The van der Waals surface area contributed by atoms with Crippen molar-refractivity contribution in [2.45, 2.75) is 0 Å². The van der Waals surface area contributed by atoms with Crippen LogP contribution in [-0.4, -0.2) is 0 Å². The molecule has 0 atom stereocenters. The highest BCUT2D eigenvalue weighted by Gasteiger charge is 2.02. The molecule has 4 heteroatoms. The van der Waals surface area contributed by atoms with Crippen molar-refractivity contribution in [3.05, 3.63) is 17.9 Å². The zero-order valence-electron chi connectivity index (χ0n) is 4.73. The molecule has 0 radical (unpaired) electrons. The second-order valence-electron chi connectivity index (χ2n) is 1.84. The van der Waals surface area contributed by atoms with Gasteiger partial charge >= 0.3 is 0 Å². The third-order valence-corrected chi connectivity index (χ3v) is 5.07. The summed E-state index contributed by atoms with van der Waals surface area (Å²) in [4.78, 5) is 0. The molecule has 0 aliphatic carbocycles. The third kappa shape index (κ3) is 1.35. The van der Waals surface area contributed by atoms with Crippen molar-refractivity contribution in [1.82, 2.24) is 0 Å². The first-order valence-electron chi connectivity index (χ1n) is 2.60. The summed E-state index contributed by atoms with van der Waals surface area (Å²) in [7, 11) is 0.